The summed E-state index contributed by atoms with van der Waals surface area (Å²) in [5, 5.41) is 19.1. The number of benzene rings is 4. The normalized spacial score (nSPS) is 17.0. The third kappa shape index (κ3) is 7.39. The lowest BCUT2D eigenvalue weighted by Gasteiger charge is -2.34. The van der Waals surface area contributed by atoms with Crippen LogP contribution in [0, 0.1) is 5.92 Å². The van der Waals surface area contributed by atoms with Gasteiger partial charge in [0.15, 0.2) is 0 Å². The van der Waals surface area contributed by atoms with E-state index in [1.54, 1.807) is 35.0 Å². The summed E-state index contributed by atoms with van der Waals surface area (Å²) in [6.45, 7) is 4.20. The van der Waals surface area contributed by atoms with Crippen molar-refractivity contribution in [2.45, 2.75) is 38.8 Å². The van der Waals surface area contributed by atoms with Crippen molar-refractivity contribution in [1.82, 2.24) is 14.4 Å². The fourth-order valence-electron chi connectivity index (χ4n) is 6.57. The van der Waals surface area contributed by atoms with E-state index in [2.05, 4.69) is 10.6 Å². The number of anilines is 2. The minimum atomic E-state index is -0.479. The van der Waals surface area contributed by atoms with E-state index < -0.39 is 12.1 Å². The smallest absolute Gasteiger partial charge is 0.321 e. The summed E-state index contributed by atoms with van der Waals surface area (Å²) in [5.74, 6) is 0.00283. The molecule has 1 aromatic heterocycles. The maximum absolute atomic E-state index is 13.7. The molecular formula is C39H43N5O5. The highest BCUT2D eigenvalue weighted by molar-refractivity contribution is 6.01. The summed E-state index contributed by atoms with van der Waals surface area (Å²) in [6, 6.07) is 26.3. The molecule has 0 spiro atoms. The average Bonchev–Trinajstić information content (AvgIpc) is 3.43. The quantitative estimate of drug-likeness (QED) is 0.194. The van der Waals surface area contributed by atoms with Crippen molar-refractivity contribution in [1.29, 1.82) is 0 Å². The molecule has 5 aromatic rings. The van der Waals surface area contributed by atoms with Crippen LogP contribution in [0.25, 0.3) is 21.7 Å². The number of aromatic nitrogens is 1. The van der Waals surface area contributed by atoms with Gasteiger partial charge in [0.2, 0.25) is 11.8 Å². The zero-order chi connectivity index (χ0) is 34.7. The maximum Gasteiger partial charge on any atom is 0.321 e. The molecule has 254 valence electrons. The number of aliphatic hydroxyl groups is 1. The van der Waals surface area contributed by atoms with E-state index >= 15 is 0 Å². The second-order valence-electron chi connectivity index (χ2n) is 13.1. The molecule has 1 aliphatic rings. The van der Waals surface area contributed by atoms with Gasteiger partial charge in [-0.2, -0.15) is 0 Å². The zero-order valence-corrected chi connectivity index (χ0v) is 28.3. The van der Waals surface area contributed by atoms with Gasteiger partial charge in [0, 0.05) is 60.3 Å². The molecule has 0 radical (unpaired) electrons. The Bertz CT molecular complexity index is 2000. The first kappa shape index (κ1) is 33.5. The Morgan fingerprint density at radius 2 is 1.73 bits per heavy atom. The van der Waals surface area contributed by atoms with Crippen LogP contribution in [0.15, 0.2) is 91.1 Å². The minimum absolute atomic E-state index is 0.0313. The van der Waals surface area contributed by atoms with Gasteiger partial charge in [-0.1, -0.05) is 61.5 Å². The van der Waals surface area contributed by atoms with Crippen LogP contribution < -0.4 is 15.4 Å². The number of rotatable bonds is 8. The number of hydrogen-bond acceptors (Lipinski definition) is 5. The number of nitrogens with zero attached hydrogens (tertiary/aromatic N) is 3. The molecule has 0 bridgehead atoms. The number of nitrogens with one attached hydrogen (secondary N) is 2. The summed E-state index contributed by atoms with van der Waals surface area (Å²) < 4.78 is 8.62. The lowest BCUT2D eigenvalue weighted by atomic mass is 10.0. The summed E-state index contributed by atoms with van der Waals surface area (Å²) in [7, 11) is 3.68. The number of aryl methyl sites for hydroxylation is 1. The molecule has 3 atom stereocenters. The predicted molar refractivity (Wildman–Crippen MR) is 193 cm³/mol. The minimum Gasteiger partial charge on any atom is -0.488 e. The molecule has 10 nitrogen and oxygen atoms in total. The summed E-state index contributed by atoms with van der Waals surface area (Å²) >= 11 is 0. The molecule has 4 amide bonds. The molecule has 6 rings (SSSR count). The molecule has 2 heterocycles. The van der Waals surface area contributed by atoms with Gasteiger partial charge < -0.3 is 34.8 Å². The molecule has 4 aromatic carbocycles. The molecule has 0 saturated carbocycles. The van der Waals surface area contributed by atoms with Crippen molar-refractivity contribution in [3.63, 3.8) is 0 Å². The summed E-state index contributed by atoms with van der Waals surface area (Å²) in [6.07, 6.45) is 1.72. The van der Waals surface area contributed by atoms with E-state index in [9.17, 15) is 19.5 Å². The second kappa shape index (κ2) is 14.4. The first-order valence-electron chi connectivity index (χ1n) is 16.6. The van der Waals surface area contributed by atoms with Gasteiger partial charge in [0.1, 0.15) is 11.9 Å². The number of ether oxygens (including phenoxy) is 1. The van der Waals surface area contributed by atoms with Crippen LogP contribution in [-0.4, -0.2) is 76.2 Å². The van der Waals surface area contributed by atoms with Crippen molar-refractivity contribution in [2.24, 2.45) is 13.0 Å². The highest BCUT2D eigenvalue weighted by Gasteiger charge is 2.32. The van der Waals surface area contributed by atoms with Crippen LogP contribution in [0.2, 0.25) is 0 Å². The SMILES string of the molecule is C[C@H]1CN([C@@H](C)CO)C(=O)Cc2cc(NC(=O)Cc3cn(C)c4ccccc34)ccc2O[C@H]1CN(C)C(=O)Nc1cccc2ccccc12. The third-order valence-corrected chi connectivity index (χ3v) is 9.36. The molecule has 0 aliphatic carbocycles. The Hall–Kier alpha value is -5.35. The highest BCUT2D eigenvalue weighted by Crippen LogP contribution is 2.30. The van der Waals surface area contributed by atoms with Gasteiger partial charge >= 0.3 is 6.03 Å². The van der Waals surface area contributed by atoms with Crippen molar-refractivity contribution in [3.8, 4) is 5.75 Å². The molecule has 1 aliphatic heterocycles. The number of hydrogen-bond donors (Lipinski definition) is 3. The summed E-state index contributed by atoms with van der Waals surface area (Å²) in [5.41, 5.74) is 3.87. The van der Waals surface area contributed by atoms with Crippen LogP contribution >= 0.6 is 0 Å². The molecule has 0 saturated heterocycles. The van der Waals surface area contributed by atoms with Crippen LogP contribution in [0.4, 0.5) is 16.2 Å². The van der Waals surface area contributed by atoms with Crippen LogP contribution in [0.1, 0.15) is 25.0 Å². The van der Waals surface area contributed by atoms with E-state index in [0.29, 0.717) is 29.2 Å². The lowest BCUT2D eigenvalue weighted by molar-refractivity contribution is -0.134. The second-order valence-corrected chi connectivity index (χ2v) is 13.1. The Morgan fingerprint density at radius 1 is 1.00 bits per heavy atom. The average molecular weight is 662 g/mol. The monoisotopic (exact) mass is 661 g/mol. The van der Waals surface area contributed by atoms with E-state index in [1.165, 1.54) is 0 Å². The fraction of sp³-hybridized carbons (Fsp3) is 0.308. The Kier molecular flexibility index (Phi) is 9.87. The van der Waals surface area contributed by atoms with Gasteiger partial charge in [0.25, 0.3) is 0 Å². The number of para-hydroxylation sites is 1. The fourth-order valence-corrected chi connectivity index (χ4v) is 6.57. The van der Waals surface area contributed by atoms with Crippen LogP contribution in [0.3, 0.4) is 0 Å². The number of urea groups is 1. The number of aliphatic hydroxyl groups excluding tert-OH is 1. The Morgan fingerprint density at radius 3 is 2.53 bits per heavy atom. The molecule has 3 N–H and O–H groups in total. The summed E-state index contributed by atoms with van der Waals surface area (Å²) in [4.78, 5) is 43.6. The lowest BCUT2D eigenvalue weighted by Crippen LogP contribution is -2.48. The first-order chi connectivity index (χ1) is 23.6. The number of amides is 4. The molecule has 0 unspecified atom stereocenters. The molecular weight excluding hydrogens is 618 g/mol. The van der Waals surface area contributed by atoms with Crippen molar-refractivity contribution < 1.29 is 24.2 Å². The van der Waals surface area contributed by atoms with Gasteiger partial charge in [-0.05, 0) is 48.2 Å². The van der Waals surface area contributed by atoms with E-state index in [4.69, 9.17) is 4.74 Å². The van der Waals surface area contributed by atoms with Crippen molar-refractivity contribution >= 4 is 50.9 Å². The zero-order valence-electron chi connectivity index (χ0n) is 28.3. The number of likely N-dealkylation sites (N-methyl/N-ethyl adjacent to an activating group) is 1. The van der Waals surface area contributed by atoms with Crippen LogP contribution in [-0.2, 0) is 29.5 Å². The predicted octanol–water partition coefficient (Wildman–Crippen LogP) is 5.83. The van der Waals surface area contributed by atoms with E-state index in [0.717, 1.165) is 27.2 Å². The Labute approximate surface area is 286 Å². The van der Waals surface area contributed by atoms with E-state index in [1.807, 2.05) is 98.4 Å². The highest BCUT2D eigenvalue weighted by atomic mass is 16.5. The number of carbonyl (C=O) groups is 3. The van der Waals surface area contributed by atoms with Gasteiger partial charge in [-0.15, -0.1) is 0 Å². The number of fused-ring (bicyclic) bond motifs is 3. The van der Waals surface area contributed by atoms with Gasteiger partial charge in [-0.25, -0.2) is 4.79 Å². The molecule has 10 heteroatoms. The van der Waals surface area contributed by atoms with E-state index in [-0.39, 0.29) is 49.8 Å². The Balaban J connectivity index is 1.22. The third-order valence-electron chi connectivity index (χ3n) is 9.36. The van der Waals surface area contributed by atoms with Gasteiger partial charge in [0.05, 0.1) is 37.7 Å². The largest absolute Gasteiger partial charge is 0.488 e. The number of carbonyl (C=O) groups excluding carboxylic acids is 3. The standard InChI is InChI=1S/C39H43N5O5/c1-25-21-44(26(2)24-45)38(47)20-28-18-30(40-37(46)19-29-22-42(3)34-15-8-7-13-32(29)34)16-17-35(28)49-36(25)23-43(4)39(48)41-33-14-9-11-27-10-5-6-12-31(27)33/h5-18,22,25-26,36,45H,19-21,23-24H2,1-4H3,(H,40,46)(H,41,48)/t25-,26-,36-/m0/s1. The van der Waals surface area contributed by atoms with Gasteiger partial charge in [-0.3, -0.25) is 9.59 Å². The van der Waals surface area contributed by atoms with Crippen molar-refractivity contribution in [2.75, 3.05) is 37.4 Å². The molecule has 49 heavy (non-hydrogen) atoms. The van der Waals surface area contributed by atoms with Crippen LogP contribution in [0.5, 0.6) is 5.75 Å². The maximum atomic E-state index is 13.7. The van der Waals surface area contributed by atoms with Crippen molar-refractivity contribution in [3.05, 3.63) is 102 Å². The topological polar surface area (TPSA) is 116 Å². The molecule has 0 fully saturated rings. The first-order valence-corrected chi connectivity index (χ1v) is 16.6.